The first kappa shape index (κ1) is 11.7. The Labute approximate surface area is 81.8 Å². The van der Waals surface area contributed by atoms with E-state index in [1.165, 1.54) is 36.7 Å². The predicted octanol–water partition coefficient (Wildman–Crippen LogP) is -1.17. The van der Waals surface area contributed by atoms with Gasteiger partial charge in [-0.1, -0.05) is 0 Å². The zero-order chi connectivity index (χ0) is 8.53. The van der Waals surface area contributed by atoms with E-state index in [-0.39, 0.29) is 0 Å². The quantitative estimate of drug-likeness (QED) is 0.320. The van der Waals surface area contributed by atoms with E-state index in [2.05, 4.69) is 23.9 Å². The van der Waals surface area contributed by atoms with E-state index in [9.17, 15) is 0 Å². The van der Waals surface area contributed by atoms with Crippen LogP contribution >= 0.6 is 0 Å². The number of hydrogen-bond acceptors (Lipinski definition) is 1. The molecule has 0 aromatic heterocycles. The molecule has 0 aliphatic heterocycles. The summed E-state index contributed by atoms with van der Waals surface area (Å²) in [5, 5.41) is 0. The molecule has 1 nitrogen and oxygen atoms in total. The normalized spacial score (nSPS) is 11.3. The molecule has 0 N–H and O–H groups in total. The first-order valence-electron chi connectivity index (χ1n) is 4.36. The van der Waals surface area contributed by atoms with Crippen LogP contribution < -0.4 is 21.2 Å². The van der Waals surface area contributed by atoms with E-state index in [1.807, 2.05) is 0 Å². The van der Waals surface area contributed by atoms with Gasteiger partial charge in [-0.05, 0) is 0 Å². The number of unbranched alkanes of at least 4 members (excludes halogenated alkanes) is 3. The summed E-state index contributed by atoms with van der Waals surface area (Å²) in [5.74, 6) is 0. The Balaban J connectivity index is 2.80. The van der Waals surface area contributed by atoms with Crippen molar-refractivity contribution in [2.45, 2.75) is 25.7 Å². The third kappa shape index (κ3) is 10.7. The number of halogens is 1. The zero-order valence-corrected chi connectivity index (χ0v) is 10.2. The van der Waals surface area contributed by atoms with Crippen molar-refractivity contribution in [3.63, 3.8) is 0 Å². The minimum atomic E-state index is 0.562. The van der Waals surface area contributed by atoms with Crippen molar-refractivity contribution in [3.8, 4) is 0 Å². The van der Waals surface area contributed by atoms with Crippen LogP contribution in [-0.4, -0.2) is 34.9 Å². The van der Waals surface area contributed by atoms with Crippen molar-refractivity contribution >= 4 is 0 Å². The van der Waals surface area contributed by atoms with E-state index in [0.29, 0.717) is 21.2 Å². The third-order valence-corrected chi connectivity index (χ3v) is 3.52. The molecule has 0 spiro atoms. The van der Waals surface area contributed by atoms with E-state index in [1.54, 1.807) is 0 Å². The molecule has 0 saturated carbocycles. The van der Waals surface area contributed by atoms with Crippen molar-refractivity contribution < 1.29 is 21.2 Å². The molecule has 0 aliphatic carbocycles. The van der Waals surface area contributed by atoms with E-state index < -0.39 is 0 Å². The fourth-order valence-corrected chi connectivity index (χ4v) is 2.31. The van der Waals surface area contributed by atoms with Crippen LogP contribution in [0.15, 0.2) is 0 Å². The molecule has 0 atom stereocenters. The first-order valence-corrected chi connectivity index (χ1v) is 8.04. The second kappa shape index (κ2) is 8.78. The van der Waals surface area contributed by atoms with Crippen molar-refractivity contribution in [1.82, 2.24) is 4.90 Å². The summed E-state index contributed by atoms with van der Waals surface area (Å²) in [5.41, 5.74) is 0. The summed E-state index contributed by atoms with van der Waals surface area (Å²) in [6, 6.07) is 0. The summed E-state index contributed by atoms with van der Waals surface area (Å²) in [4.78, 5) is 4.64. The molecular formula is C9H21IN-. The monoisotopic (exact) mass is 270 g/mol. The van der Waals surface area contributed by atoms with Crippen molar-refractivity contribution in [2.75, 3.05) is 30.0 Å². The van der Waals surface area contributed by atoms with Crippen LogP contribution in [0.1, 0.15) is 25.7 Å². The summed E-state index contributed by atoms with van der Waals surface area (Å²) >= 11 is 0.562. The second-order valence-corrected chi connectivity index (χ2v) is 5.78. The van der Waals surface area contributed by atoms with Crippen LogP contribution in [-0.2, 0) is 0 Å². The van der Waals surface area contributed by atoms with E-state index >= 15 is 0 Å². The maximum atomic E-state index is 2.37. The van der Waals surface area contributed by atoms with Gasteiger partial charge in [0.1, 0.15) is 0 Å². The second-order valence-electron chi connectivity index (χ2n) is 3.17. The van der Waals surface area contributed by atoms with Crippen LogP contribution in [0.3, 0.4) is 0 Å². The van der Waals surface area contributed by atoms with Crippen LogP contribution in [0.2, 0.25) is 0 Å². The summed E-state index contributed by atoms with van der Waals surface area (Å²) in [7, 11) is 4.30. The molecule has 0 fully saturated rings. The minimum absolute atomic E-state index is 0.562. The third-order valence-electron chi connectivity index (χ3n) is 1.68. The summed E-state index contributed by atoms with van der Waals surface area (Å²) in [6.07, 6.45) is 5.76. The van der Waals surface area contributed by atoms with Gasteiger partial charge < -0.3 is 0 Å². The number of nitrogens with zero attached hydrogens (tertiary/aromatic N) is 1. The van der Waals surface area contributed by atoms with Gasteiger partial charge in [-0.3, -0.25) is 0 Å². The molecule has 0 amide bonds. The van der Waals surface area contributed by atoms with Crippen LogP contribution in [0.5, 0.6) is 0 Å². The molecule has 0 saturated heterocycles. The Morgan fingerprint density at radius 2 is 1.64 bits per heavy atom. The molecule has 11 heavy (non-hydrogen) atoms. The molecule has 0 aliphatic rings. The standard InChI is InChI=1S/C9H21IN/c1-10-8-6-4-5-7-9-11(2)3/h4-9H2,1-3H3/q-1. The van der Waals surface area contributed by atoms with Gasteiger partial charge in [-0.15, -0.1) is 0 Å². The van der Waals surface area contributed by atoms with Crippen molar-refractivity contribution in [1.29, 1.82) is 0 Å². The Morgan fingerprint density at radius 1 is 1.00 bits per heavy atom. The van der Waals surface area contributed by atoms with Gasteiger partial charge >= 0.3 is 81.8 Å². The fourth-order valence-electron chi connectivity index (χ4n) is 1.01. The van der Waals surface area contributed by atoms with Crippen LogP contribution in [0, 0.1) is 0 Å². The zero-order valence-electron chi connectivity index (χ0n) is 8.07. The molecule has 0 rings (SSSR count). The van der Waals surface area contributed by atoms with Gasteiger partial charge in [0.15, 0.2) is 0 Å². The molecule has 2 heteroatoms. The first-order chi connectivity index (χ1) is 5.27. The van der Waals surface area contributed by atoms with Crippen LogP contribution in [0.4, 0.5) is 0 Å². The van der Waals surface area contributed by atoms with Crippen LogP contribution in [0.25, 0.3) is 0 Å². The van der Waals surface area contributed by atoms with Gasteiger partial charge in [0.2, 0.25) is 0 Å². The van der Waals surface area contributed by atoms with Gasteiger partial charge in [-0.2, -0.15) is 0 Å². The number of hydrogen-bond donors (Lipinski definition) is 0. The molecule has 0 aromatic carbocycles. The predicted molar refractivity (Wildman–Crippen MR) is 47.8 cm³/mol. The van der Waals surface area contributed by atoms with Gasteiger partial charge in [0, 0.05) is 0 Å². The molecule has 0 radical (unpaired) electrons. The molecule has 0 unspecified atom stereocenters. The van der Waals surface area contributed by atoms with Gasteiger partial charge in [0.25, 0.3) is 0 Å². The average Bonchev–Trinajstić information content (AvgIpc) is 1.96. The van der Waals surface area contributed by atoms with Crippen molar-refractivity contribution in [3.05, 3.63) is 0 Å². The van der Waals surface area contributed by atoms with E-state index in [0.717, 1.165) is 0 Å². The van der Waals surface area contributed by atoms with Gasteiger partial charge in [0.05, 0.1) is 0 Å². The summed E-state index contributed by atoms with van der Waals surface area (Å²) < 4.78 is 1.53. The number of alkyl halides is 2. The maximum absolute atomic E-state index is 2.37. The molecule has 0 heterocycles. The molecule has 70 valence electrons. The molecular weight excluding hydrogens is 249 g/mol. The Hall–Kier alpha value is 0.690. The SMILES string of the molecule is C[I-]CCCCCCN(C)C. The average molecular weight is 270 g/mol. The molecule has 0 aromatic rings. The Bertz CT molecular complexity index is 74.0. The molecule has 0 bridgehead atoms. The van der Waals surface area contributed by atoms with E-state index in [4.69, 9.17) is 0 Å². The topological polar surface area (TPSA) is 3.24 Å². The summed E-state index contributed by atoms with van der Waals surface area (Å²) in [6.45, 7) is 1.27. The van der Waals surface area contributed by atoms with Gasteiger partial charge in [-0.25, -0.2) is 0 Å². The number of rotatable bonds is 7. The Morgan fingerprint density at radius 3 is 2.18 bits per heavy atom. The fraction of sp³-hybridized carbons (Fsp3) is 1.00. The Kier molecular flexibility index (Phi) is 9.33. The van der Waals surface area contributed by atoms with Crippen molar-refractivity contribution in [2.24, 2.45) is 0 Å².